The van der Waals surface area contributed by atoms with Gasteiger partial charge in [0, 0.05) is 27.1 Å². The number of nitrogens with zero attached hydrogens (tertiary/aromatic N) is 3. The van der Waals surface area contributed by atoms with Gasteiger partial charge in [0.1, 0.15) is 16.9 Å². The van der Waals surface area contributed by atoms with E-state index >= 15 is 0 Å². The van der Waals surface area contributed by atoms with E-state index in [4.69, 9.17) is 17.9 Å². The molecule has 0 spiro atoms. The molecule has 5 nitrogen and oxygen atoms in total. The van der Waals surface area contributed by atoms with Crippen LogP contribution in [0.2, 0.25) is 0 Å². The van der Waals surface area contributed by atoms with Crippen molar-refractivity contribution in [1.82, 2.24) is 14.5 Å². The lowest BCUT2D eigenvalue weighted by atomic mass is 9.88. The monoisotopic (exact) mass is 628 g/mol. The maximum absolute atomic E-state index is 7.88. The number of aryl methyl sites for hydroxylation is 1. The molecule has 234 valence electrons. The van der Waals surface area contributed by atoms with Crippen LogP contribution in [-0.4, -0.2) is 14.5 Å². The zero-order valence-corrected chi connectivity index (χ0v) is 27.2. The summed E-state index contributed by atoms with van der Waals surface area (Å²) in [6, 6.07) is 37.8. The first-order chi connectivity index (χ1) is 24.6. The largest absolute Gasteiger partial charge is 0.451 e. The molecule has 0 saturated carbocycles. The third-order valence-corrected chi connectivity index (χ3v) is 9.55. The number of hydrogen-bond donors (Lipinski definition) is 0. The van der Waals surface area contributed by atoms with Gasteiger partial charge in [-0.15, -0.1) is 0 Å². The number of benzene rings is 6. The molecular formula is C43H35N3O2. The van der Waals surface area contributed by atoms with Crippen LogP contribution in [0.3, 0.4) is 0 Å². The highest BCUT2D eigenvalue weighted by Gasteiger charge is 2.27. The van der Waals surface area contributed by atoms with Crippen LogP contribution in [0.5, 0.6) is 0 Å². The van der Waals surface area contributed by atoms with Crippen LogP contribution in [0.4, 0.5) is 0 Å². The number of oxazole rings is 1. The molecule has 0 amide bonds. The van der Waals surface area contributed by atoms with E-state index in [0.29, 0.717) is 22.3 Å². The average Bonchev–Trinajstić information content (AvgIpc) is 3.85. The molecule has 0 unspecified atom stereocenters. The number of imidazole rings is 1. The standard InChI is InChI=1S/C43H35N3O2/c1-24(2)34-22-29(27-12-7-6-8-13-27)23-35(25(3)4)38(34)46-39-30-15-10-9-14-28(30)18-20-36(39)45-43(46)33-17-11-16-31-32-19-21-37-42(47-26(5)44-37)41(32)48-40(31)33/h6-25H,1-5H3/i5D3. The van der Waals surface area contributed by atoms with Gasteiger partial charge in [-0.25, -0.2) is 9.97 Å². The highest BCUT2D eigenvalue weighted by molar-refractivity contribution is 6.16. The molecule has 0 N–H and O–H groups in total. The van der Waals surface area contributed by atoms with Crippen molar-refractivity contribution in [1.29, 1.82) is 0 Å². The molecule has 9 rings (SSSR count). The summed E-state index contributed by atoms with van der Waals surface area (Å²) in [7, 11) is 0. The van der Waals surface area contributed by atoms with E-state index in [1.165, 1.54) is 22.3 Å². The lowest BCUT2D eigenvalue weighted by Crippen LogP contribution is -2.09. The maximum Gasteiger partial charge on any atom is 0.197 e. The van der Waals surface area contributed by atoms with Crippen molar-refractivity contribution in [2.45, 2.75) is 46.4 Å². The summed E-state index contributed by atoms with van der Waals surface area (Å²) in [6.07, 6.45) is 0. The maximum atomic E-state index is 7.88. The summed E-state index contributed by atoms with van der Waals surface area (Å²) < 4.78 is 38.5. The van der Waals surface area contributed by atoms with Gasteiger partial charge in [-0.05, 0) is 75.9 Å². The summed E-state index contributed by atoms with van der Waals surface area (Å²) in [6.45, 7) is 6.54. The topological polar surface area (TPSA) is 57.0 Å². The third kappa shape index (κ3) is 4.24. The van der Waals surface area contributed by atoms with Crippen LogP contribution in [0.1, 0.15) is 60.7 Å². The van der Waals surface area contributed by atoms with Gasteiger partial charge in [0.15, 0.2) is 17.1 Å². The molecular weight excluding hydrogens is 590 g/mol. The summed E-state index contributed by atoms with van der Waals surface area (Å²) in [5, 5.41) is 3.95. The number of fused-ring (bicyclic) bond motifs is 8. The third-order valence-electron chi connectivity index (χ3n) is 9.55. The molecule has 9 aromatic rings. The van der Waals surface area contributed by atoms with Crippen LogP contribution in [-0.2, 0) is 0 Å². The second kappa shape index (κ2) is 10.7. The molecule has 0 aliphatic heterocycles. The Morgan fingerprint density at radius 3 is 2.08 bits per heavy atom. The summed E-state index contributed by atoms with van der Waals surface area (Å²) in [5.41, 5.74) is 10.6. The molecule has 3 aromatic heterocycles. The highest BCUT2D eigenvalue weighted by atomic mass is 16.4. The molecule has 0 radical (unpaired) electrons. The zero-order valence-electron chi connectivity index (χ0n) is 30.2. The molecule has 0 fully saturated rings. The van der Waals surface area contributed by atoms with Crippen LogP contribution < -0.4 is 0 Å². The van der Waals surface area contributed by atoms with E-state index in [-0.39, 0.29) is 17.7 Å². The Morgan fingerprint density at radius 1 is 0.604 bits per heavy atom. The summed E-state index contributed by atoms with van der Waals surface area (Å²) >= 11 is 0. The Balaban J connectivity index is 1.41. The molecule has 6 aromatic carbocycles. The fourth-order valence-electron chi connectivity index (χ4n) is 7.27. The SMILES string of the molecule is [2H]C([2H])([2H])c1nc2ccc3c4cccc(-c5nc6ccc7ccccc7c6n5-c5c(C(C)C)cc(-c6ccccc6)cc5C(C)C)c4oc3c2o1. The van der Waals surface area contributed by atoms with Gasteiger partial charge in [0.25, 0.3) is 0 Å². The Kier molecular flexibility index (Phi) is 5.65. The fraction of sp³-hybridized carbons (Fsp3) is 0.163. The summed E-state index contributed by atoms with van der Waals surface area (Å²) in [4.78, 5) is 9.67. The molecule has 0 saturated heterocycles. The minimum atomic E-state index is -2.48. The van der Waals surface area contributed by atoms with Crippen molar-refractivity contribution in [3.8, 4) is 28.2 Å². The predicted octanol–water partition coefficient (Wildman–Crippen LogP) is 12.1. The first kappa shape index (κ1) is 25.4. The average molecular weight is 629 g/mol. The second-order valence-electron chi connectivity index (χ2n) is 13.2. The number of para-hydroxylation sites is 1. The number of aromatic nitrogens is 3. The van der Waals surface area contributed by atoms with Crippen LogP contribution in [0.25, 0.3) is 83.0 Å². The normalized spacial score (nSPS) is 13.4. The Labute approximate surface area is 282 Å². The molecule has 3 heterocycles. The van der Waals surface area contributed by atoms with Gasteiger partial charge in [-0.2, -0.15) is 0 Å². The zero-order chi connectivity index (χ0) is 35.2. The van der Waals surface area contributed by atoms with Gasteiger partial charge >= 0.3 is 0 Å². The van der Waals surface area contributed by atoms with Crippen molar-refractivity contribution in [3.05, 3.63) is 126 Å². The van der Waals surface area contributed by atoms with Crippen LogP contribution in [0, 0.1) is 6.85 Å². The van der Waals surface area contributed by atoms with Gasteiger partial charge < -0.3 is 8.83 Å². The van der Waals surface area contributed by atoms with E-state index < -0.39 is 6.85 Å². The van der Waals surface area contributed by atoms with E-state index in [1.807, 2.05) is 18.2 Å². The van der Waals surface area contributed by atoms with Gasteiger partial charge in [0.2, 0.25) is 0 Å². The quantitative estimate of drug-likeness (QED) is 0.190. The predicted molar refractivity (Wildman–Crippen MR) is 197 cm³/mol. The van der Waals surface area contributed by atoms with Crippen molar-refractivity contribution in [2.75, 3.05) is 0 Å². The van der Waals surface area contributed by atoms with E-state index in [0.717, 1.165) is 49.7 Å². The van der Waals surface area contributed by atoms with Crippen LogP contribution >= 0.6 is 0 Å². The Bertz CT molecular complexity index is 2780. The molecule has 0 bridgehead atoms. The first-order valence-corrected chi connectivity index (χ1v) is 16.5. The second-order valence-corrected chi connectivity index (χ2v) is 13.2. The minimum absolute atomic E-state index is 0.204. The van der Waals surface area contributed by atoms with Crippen molar-refractivity contribution in [2.24, 2.45) is 0 Å². The molecule has 0 atom stereocenters. The highest BCUT2D eigenvalue weighted by Crippen LogP contribution is 2.44. The van der Waals surface area contributed by atoms with Crippen molar-refractivity contribution < 1.29 is 12.9 Å². The van der Waals surface area contributed by atoms with Crippen molar-refractivity contribution in [3.63, 3.8) is 0 Å². The lowest BCUT2D eigenvalue weighted by Gasteiger charge is -2.24. The summed E-state index contributed by atoms with van der Waals surface area (Å²) in [5.74, 6) is 0.867. The minimum Gasteiger partial charge on any atom is -0.451 e. The Hall–Kier alpha value is -5.68. The smallest absolute Gasteiger partial charge is 0.197 e. The number of furan rings is 1. The fourth-order valence-corrected chi connectivity index (χ4v) is 7.27. The number of hydrogen-bond acceptors (Lipinski definition) is 4. The molecule has 48 heavy (non-hydrogen) atoms. The van der Waals surface area contributed by atoms with E-state index in [9.17, 15) is 0 Å². The van der Waals surface area contributed by atoms with Crippen molar-refractivity contribution >= 4 is 54.8 Å². The van der Waals surface area contributed by atoms with E-state index in [1.54, 1.807) is 6.07 Å². The number of rotatable bonds is 5. The molecule has 5 heteroatoms. The lowest BCUT2D eigenvalue weighted by molar-refractivity contribution is 0.554. The Morgan fingerprint density at radius 2 is 1.31 bits per heavy atom. The van der Waals surface area contributed by atoms with E-state index in [2.05, 4.69) is 122 Å². The molecule has 0 aliphatic carbocycles. The molecule has 0 aliphatic rings. The first-order valence-electron chi connectivity index (χ1n) is 18.0. The van der Waals surface area contributed by atoms with Gasteiger partial charge in [-0.1, -0.05) is 100 Å². The van der Waals surface area contributed by atoms with Crippen LogP contribution in [0.15, 0.2) is 118 Å². The van der Waals surface area contributed by atoms with Gasteiger partial charge in [-0.3, -0.25) is 4.57 Å². The van der Waals surface area contributed by atoms with Gasteiger partial charge in [0.05, 0.1) is 22.3 Å².